The van der Waals surface area contributed by atoms with Crippen molar-refractivity contribution in [1.29, 1.82) is 0 Å². The Balaban J connectivity index is 2.50. The lowest BCUT2D eigenvalue weighted by atomic mass is 10.4. The molecule has 1 heterocycles. The maximum absolute atomic E-state index is 11.1. The maximum atomic E-state index is 11.1. The van der Waals surface area contributed by atoms with E-state index in [1.54, 1.807) is 6.92 Å². The average Bonchev–Trinajstić information content (AvgIpc) is 2.44. The molecule has 86 valence electrons. The van der Waals surface area contributed by atoms with Crippen molar-refractivity contribution in [2.45, 2.75) is 25.0 Å². The fourth-order valence-electron chi connectivity index (χ4n) is 1.25. The van der Waals surface area contributed by atoms with E-state index in [1.807, 2.05) is 0 Å². The second-order valence-corrected chi connectivity index (χ2v) is 6.89. The second-order valence-electron chi connectivity index (χ2n) is 3.34. The van der Waals surface area contributed by atoms with Crippen molar-refractivity contribution in [2.24, 2.45) is 10.7 Å². The minimum atomic E-state index is -2.89. The lowest BCUT2D eigenvalue weighted by Gasteiger charge is -2.05. The number of hydrogen-bond acceptors (Lipinski definition) is 4. The van der Waals surface area contributed by atoms with Gasteiger partial charge in [-0.1, -0.05) is 18.7 Å². The van der Waals surface area contributed by atoms with E-state index in [1.165, 1.54) is 11.8 Å². The summed E-state index contributed by atoms with van der Waals surface area (Å²) in [4.78, 5) is 14.6. The van der Waals surface area contributed by atoms with Crippen LogP contribution in [0.15, 0.2) is 4.99 Å². The van der Waals surface area contributed by atoms with Gasteiger partial charge >= 0.3 is 0 Å². The van der Waals surface area contributed by atoms with Crippen LogP contribution in [0.2, 0.25) is 0 Å². The zero-order valence-corrected chi connectivity index (χ0v) is 10.1. The summed E-state index contributed by atoms with van der Waals surface area (Å²) in [5, 5.41) is 0.118. The first-order chi connectivity index (χ1) is 6.93. The zero-order valence-electron chi connectivity index (χ0n) is 8.47. The average molecular weight is 250 g/mol. The molecule has 0 aliphatic carbocycles. The normalized spacial score (nSPS) is 25.4. The number of amides is 1. The molecule has 1 aliphatic rings. The Morgan fingerprint density at radius 3 is 2.73 bits per heavy atom. The van der Waals surface area contributed by atoms with Gasteiger partial charge in [-0.05, 0) is 6.42 Å². The Labute approximate surface area is 93.4 Å². The smallest absolute Gasteiger partial charge is 0.247 e. The summed E-state index contributed by atoms with van der Waals surface area (Å²) in [5.74, 6) is 0.0642. The molecule has 0 aromatic carbocycles. The molecule has 1 atom stereocenters. The highest BCUT2D eigenvalue weighted by Gasteiger charge is 2.29. The first-order valence-electron chi connectivity index (χ1n) is 4.67. The minimum Gasteiger partial charge on any atom is -0.378 e. The molecule has 1 fully saturated rings. The highest BCUT2D eigenvalue weighted by molar-refractivity contribution is 8.15. The van der Waals surface area contributed by atoms with E-state index in [0.29, 0.717) is 12.8 Å². The molecule has 0 radical (unpaired) electrons. The predicted molar refractivity (Wildman–Crippen MR) is 61.6 cm³/mol. The molecule has 0 saturated carbocycles. The van der Waals surface area contributed by atoms with Crippen molar-refractivity contribution in [2.75, 3.05) is 11.5 Å². The molecule has 0 unspecified atom stereocenters. The Morgan fingerprint density at radius 2 is 2.27 bits per heavy atom. The molecule has 1 saturated heterocycles. The van der Waals surface area contributed by atoms with Crippen LogP contribution in [-0.4, -0.2) is 36.2 Å². The lowest BCUT2D eigenvalue weighted by molar-refractivity contribution is -0.117. The Kier molecular flexibility index (Phi) is 4.15. The number of carbonyl (C=O) groups excluding carboxylic acids is 1. The van der Waals surface area contributed by atoms with Crippen LogP contribution in [0.3, 0.4) is 0 Å². The number of thioether (sulfide) groups is 1. The van der Waals surface area contributed by atoms with Crippen LogP contribution in [0.5, 0.6) is 0 Å². The fourth-order valence-corrected chi connectivity index (χ4v) is 4.57. The van der Waals surface area contributed by atoms with Crippen molar-refractivity contribution >= 4 is 32.7 Å². The highest BCUT2D eigenvalue weighted by Crippen LogP contribution is 2.24. The first kappa shape index (κ1) is 12.5. The van der Waals surface area contributed by atoms with E-state index in [-0.39, 0.29) is 27.8 Å². The second kappa shape index (κ2) is 4.98. The number of rotatable bonds is 2. The summed E-state index contributed by atoms with van der Waals surface area (Å²) in [7, 11) is -2.89. The minimum absolute atomic E-state index is 0.0524. The van der Waals surface area contributed by atoms with E-state index >= 15 is 0 Å². The number of sulfone groups is 1. The molecule has 5 nitrogen and oxygen atoms in total. The molecule has 0 aromatic rings. The van der Waals surface area contributed by atoms with Crippen molar-refractivity contribution in [3.8, 4) is 0 Å². The van der Waals surface area contributed by atoms with Crippen molar-refractivity contribution in [3.63, 3.8) is 0 Å². The number of carbonyl (C=O) groups is 1. The molecule has 1 rings (SSSR count). The van der Waals surface area contributed by atoms with Gasteiger partial charge in [-0.2, -0.15) is 4.99 Å². The van der Waals surface area contributed by atoms with Crippen LogP contribution in [0.25, 0.3) is 0 Å². The molecule has 15 heavy (non-hydrogen) atoms. The number of nitrogens with two attached hydrogens (primary N) is 1. The third-order valence-corrected chi connectivity index (χ3v) is 5.06. The summed E-state index contributed by atoms with van der Waals surface area (Å²) in [6, 6.07) is 0. The topological polar surface area (TPSA) is 89.6 Å². The summed E-state index contributed by atoms with van der Waals surface area (Å²) in [5.41, 5.74) is 5.52. The molecule has 2 N–H and O–H groups in total. The SMILES string of the molecule is CCC(=O)N=C(N)S[C@@H]1CCS(=O)(=O)C1. The fraction of sp³-hybridized carbons (Fsp3) is 0.750. The van der Waals surface area contributed by atoms with E-state index in [0.717, 1.165) is 0 Å². The molecule has 1 amide bonds. The van der Waals surface area contributed by atoms with E-state index in [9.17, 15) is 13.2 Å². The lowest BCUT2D eigenvalue weighted by Crippen LogP contribution is -2.16. The van der Waals surface area contributed by atoms with Crippen molar-refractivity contribution in [1.82, 2.24) is 0 Å². The summed E-state index contributed by atoms with van der Waals surface area (Å²) >= 11 is 1.18. The number of hydrogen-bond donors (Lipinski definition) is 1. The zero-order chi connectivity index (χ0) is 11.5. The Morgan fingerprint density at radius 1 is 1.60 bits per heavy atom. The Hall–Kier alpha value is -0.560. The van der Waals surface area contributed by atoms with Crippen LogP contribution in [-0.2, 0) is 14.6 Å². The largest absolute Gasteiger partial charge is 0.378 e. The van der Waals surface area contributed by atoms with Gasteiger partial charge in [-0.3, -0.25) is 4.79 Å². The first-order valence-corrected chi connectivity index (χ1v) is 7.37. The third kappa shape index (κ3) is 4.21. The monoisotopic (exact) mass is 250 g/mol. The van der Waals surface area contributed by atoms with Crippen LogP contribution < -0.4 is 5.73 Å². The number of aliphatic imine (C=N–C) groups is 1. The summed E-state index contributed by atoms with van der Waals surface area (Å²) < 4.78 is 22.3. The van der Waals surface area contributed by atoms with Gasteiger partial charge in [0.15, 0.2) is 15.0 Å². The van der Waals surface area contributed by atoms with Gasteiger partial charge in [-0.25, -0.2) is 8.42 Å². The van der Waals surface area contributed by atoms with E-state index in [4.69, 9.17) is 5.73 Å². The summed E-state index contributed by atoms with van der Waals surface area (Å²) in [6.07, 6.45) is 0.897. The van der Waals surface area contributed by atoms with E-state index in [2.05, 4.69) is 4.99 Å². The van der Waals surface area contributed by atoms with Crippen LogP contribution in [0, 0.1) is 0 Å². The van der Waals surface area contributed by atoms with Crippen molar-refractivity contribution in [3.05, 3.63) is 0 Å². The number of amidine groups is 1. The van der Waals surface area contributed by atoms with Gasteiger partial charge in [0.1, 0.15) is 0 Å². The Bertz CT molecular complexity index is 375. The van der Waals surface area contributed by atoms with E-state index < -0.39 is 9.84 Å². The number of nitrogens with zero attached hydrogens (tertiary/aromatic N) is 1. The summed E-state index contributed by atoms with van der Waals surface area (Å²) in [6.45, 7) is 1.70. The molecule has 0 bridgehead atoms. The molecule has 7 heteroatoms. The van der Waals surface area contributed by atoms with Crippen molar-refractivity contribution < 1.29 is 13.2 Å². The molecule has 0 aromatic heterocycles. The van der Waals surface area contributed by atoms with Gasteiger partial charge in [0.25, 0.3) is 0 Å². The van der Waals surface area contributed by atoms with Gasteiger partial charge in [-0.15, -0.1) is 0 Å². The quantitative estimate of drug-likeness (QED) is 0.557. The standard InChI is InChI=1S/C8H14N2O3S2/c1-2-7(11)10-8(9)14-6-3-4-15(12,13)5-6/h6H,2-5H2,1H3,(H2,9,10,11)/t6-/m1/s1. The maximum Gasteiger partial charge on any atom is 0.247 e. The molecular formula is C8H14N2O3S2. The van der Waals surface area contributed by atoms with Gasteiger partial charge < -0.3 is 5.73 Å². The van der Waals surface area contributed by atoms with Gasteiger partial charge in [0, 0.05) is 11.7 Å². The molecular weight excluding hydrogens is 236 g/mol. The predicted octanol–water partition coefficient (Wildman–Crippen LogP) is 0.158. The third-order valence-electron chi connectivity index (χ3n) is 2.02. The van der Waals surface area contributed by atoms with Gasteiger partial charge in [0.05, 0.1) is 11.5 Å². The molecule has 1 aliphatic heterocycles. The van der Waals surface area contributed by atoms with Crippen LogP contribution in [0.4, 0.5) is 0 Å². The highest BCUT2D eigenvalue weighted by atomic mass is 32.2. The van der Waals surface area contributed by atoms with Crippen LogP contribution in [0.1, 0.15) is 19.8 Å². The molecule has 0 spiro atoms. The van der Waals surface area contributed by atoms with Crippen LogP contribution >= 0.6 is 11.8 Å². The van der Waals surface area contributed by atoms with Gasteiger partial charge in [0.2, 0.25) is 5.91 Å².